The molecule has 0 bridgehead atoms. The highest BCUT2D eigenvalue weighted by Crippen LogP contribution is 2.21. The van der Waals surface area contributed by atoms with Crippen molar-refractivity contribution in [3.8, 4) is 5.75 Å². The zero-order valence-electron chi connectivity index (χ0n) is 11.1. The van der Waals surface area contributed by atoms with Gasteiger partial charge in [0.2, 0.25) is 0 Å². The van der Waals surface area contributed by atoms with Gasteiger partial charge < -0.3 is 5.11 Å². The fourth-order valence-electron chi connectivity index (χ4n) is 1.62. The topological polar surface area (TPSA) is 105 Å². The van der Waals surface area contributed by atoms with Crippen LogP contribution in [0.25, 0.3) is 0 Å². The Bertz CT molecular complexity index is 762. The number of nitrogens with one attached hydrogen (secondary N) is 1. The Morgan fingerprint density at radius 1 is 1.32 bits per heavy atom. The Labute approximate surface area is 139 Å². The minimum atomic E-state index is -0.582. The van der Waals surface area contributed by atoms with Gasteiger partial charge >= 0.3 is 0 Å². The smallest absolute Gasteiger partial charge is 0.272 e. The van der Waals surface area contributed by atoms with Crippen LogP contribution in [0.1, 0.15) is 15.9 Å². The van der Waals surface area contributed by atoms with Crippen LogP contribution < -0.4 is 5.43 Å². The maximum absolute atomic E-state index is 11.9. The van der Waals surface area contributed by atoms with Crippen molar-refractivity contribution in [2.45, 2.75) is 0 Å². The number of aromatic hydroxyl groups is 1. The Hall–Kier alpha value is -2.49. The summed E-state index contributed by atoms with van der Waals surface area (Å²) in [5, 5.41) is 24.0. The largest absolute Gasteiger partial charge is 0.507 e. The number of benzene rings is 2. The van der Waals surface area contributed by atoms with Crippen LogP contribution in [0.5, 0.6) is 5.75 Å². The Balaban J connectivity index is 2.13. The lowest BCUT2D eigenvalue weighted by Crippen LogP contribution is -2.18. The lowest BCUT2D eigenvalue weighted by molar-refractivity contribution is -0.384. The number of nitrogens with zero attached hydrogens (tertiary/aromatic N) is 2. The molecule has 7 nitrogen and oxygen atoms in total. The predicted octanol–water partition coefficient (Wildman–Crippen LogP) is 2.67. The Morgan fingerprint density at radius 3 is 2.73 bits per heavy atom. The average molecular weight is 411 g/mol. The second-order valence-electron chi connectivity index (χ2n) is 4.18. The summed E-state index contributed by atoms with van der Waals surface area (Å²) in [4.78, 5) is 22.0. The number of carbonyl (C=O) groups is 1. The van der Waals surface area contributed by atoms with Crippen molar-refractivity contribution < 1.29 is 14.8 Å². The molecule has 2 aromatic rings. The number of hydrogen-bond acceptors (Lipinski definition) is 5. The van der Waals surface area contributed by atoms with Gasteiger partial charge in [-0.05, 0) is 40.8 Å². The van der Waals surface area contributed by atoms with Gasteiger partial charge in [0, 0.05) is 21.3 Å². The third-order valence-corrected chi connectivity index (χ3v) is 3.65. The van der Waals surface area contributed by atoms with Gasteiger partial charge in [0.05, 0.1) is 16.7 Å². The van der Waals surface area contributed by atoms with Gasteiger partial charge in [0.15, 0.2) is 0 Å². The Morgan fingerprint density at radius 2 is 2.05 bits per heavy atom. The van der Waals surface area contributed by atoms with Crippen LogP contribution in [-0.4, -0.2) is 22.2 Å². The number of halogens is 1. The molecule has 0 radical (unpaired) electrons. The van der Waals surface area contributed by atoms with Gasteiger partial charge in [-0.1, -0.05) is 12.1 Å². The molecule has 0 aliphatic heterocycles. The number of hydrogen-bond donors (Lipinski definition) is 2. The van der Waals surface area contributed by atoms with Gasteiger partial charge in [-0.15, -0.1) is 0 Å². The first-order valence-electron chi connectivity index (χ1n) is 6.04. The molecular formula is C14H10IN3O4. The van der Waals surface area contributed by atoms with Crippen molar-refractivity contribution in [2.24, 2.45) is 5.10 Å². The molecule has 0 aliphatic rings. The summed E-state index contributed by atoms with van der Waals surface area (Å²) in [5.74, 6) is -0.580. The minimum Gasteiger partial charge on any atom is -0.507 e. The zero-order chi connectivity index (χ0) is 16.1. The first-order valence-corrected chi connectivity index (χ1v) is 7.12. The van der Waals surface area contributed by atoms with Crippen molar-refractivity contribution in [1.82, 2.24) is 5.43 Å². The second-order valence-corrected chi connectivity index (χ2v) is 5.34. The standard InChI is InChI=1S/C14H10IN3O4/c15-12-4-2-1-3-11(12)14(20)17-16-8-9-7-10(18(21)22)5-6-13(9)19/h1-8,19H,(H,17,20)/b16-8+. The van der Waals surface area contributed by atoms with Crippen LogP contribution in [0.2, 0.25) is 0 Å². The molecular weight excluding hydrogens is 401 g/mol. The van der Waals surface area contributed by atoms with Gasteiger partial charge in [-0.25, -0.2) is 5.43 Å². The minimum absolute atomic E-state index is 0.136. The fourth-order valence-corrected chi connectivity index (χ4v) is 2.26. The first kappa shape index (κ1) is 15.9. The van der Waals surface area contributed by atoms with E-state index in [1.165, 1.54) is 12.1 Å². The summed E-state index contributed by atoms with van der Waals surface area (Å²) in [6, 6.07) is 10.5. The third kappa shape index (κ3) is 3.79. The Kier molecular flexibility index (Phi) is 5.04. The molecule has 0 aromatic heterocycles. The summed E-state index contributed by atoms with van der Waals surface area (Å²) in [5.41, 5.74) is 2.73. The number of amides is 1. The molecule has 0 atom stereocenters. The number of nitro benzene ring substituents is 1. The predicted molar refractivity (Wildman–Crippen MR) is 89.0 cm³/mol. The summed E-state index contributed by atoms with van der Waals surface area (Å²) in [6.45, 7) is 0. The quantitative estimate of drug-likeness (QED) is 0.349. The highest BCUT2D eigenvalue weighted by Gasteiger charge is 2.10. The van der Waals surface area contributed by atoms with E-state index in [4.69, 9.17) is 0 Å². The molecule has 1 amide bonds. The van der Waals surface area contributed by atoms with Gasteiger partial charge in [0.1, 0.15) is 5.75 Å². The number of rotatable bonds is 4. The van der Waals surface area contributed by atoms with Crippen LogP contribution >= 0.6 is 22.6 Å². The normalized spacial score (nSPS) is 10.6. The lowest BCUT2D eigenvalue weighted by Gasteiger charge is -2.02. The van der Waals surface area contributed by atoms with E-state index < -0.39 is 10.8 Å². The van der Waals surface area contributed by atoms with E-state index in [-0.39, 0.29) is 17.0 Å². The number of carbonyl (C=O) groups excluding carboxylic acids is 1. The average Bonchev–Trinajstić information content (AvgIpc) is 2.49. The monoisotopic (exact) mass is 411 g/mol. The fraction of sp³-hybridized carbons (Fsp3) is 0. The van der Waals surface area contributed by atoms with Crippen molar-refractivity contribution in [1.29, 1.82) is 0 Å². The molecule has 2 aromatic carbocycles. The van der Waals surface area contributed by atoms with Crippen LogP contribution in [-0.2, 0) is 0 Å². The highest BCUT2D eigenvalue weighted by molar-refractivity contribution is 14.1. The molecule has 0 fully saturated rings. The van der Waals surface area contributed by atoms with Crippen molar-refractivity contribution in [3.63, 3.8) is 0 Å². The van der Waals surface area contributed by atoms with E-state index in [0.29, 0.717) is 5.56 Å². The van der Waals surface area contributed by atoms with Crippen LogP contribution in [0, 0.1) is 13.7 Å². The molecule has 2 rings (SSSR count). The molecule has 2 N–H and O–H groups in total. The number of hydrazone groups is 1. The molecule has 0 aliphatic carbocycles. The zero-order valence-corrected chi connectivity index (χ0v) is 13.2. The summed E-state index contributed by atoms with van der Waals surface area (Å²) < 4.78 is 0.769. The SMILES string of the molecule is O=C(N/N=C/c1cc([N+](=O)[O-])ccc1O)c1ccccc1I. The van der Waals surface area contributed by atoms with Gasteiger partial charge in [0.25, 0.3) is 11.6 Å². The molecule has 112 valence electrons. The van der Waals surface area contributed by atoms with E-state index in [9.17, 15) is 20.0 Å². The van der Waals surface area contributed by atoms with Crippen molar-refractivity contribution in [3.05, 3.63) is 67.3 Å². The van der Waals surface area contributed by atoms with Crippen LogP contribution in [0.3, 0.4) is 0 Å². The summed E-state index contributed by atoms with van der Waals surface area (Å²) in [7, 11) is 0. The van der Waals surface area contributed by atoms with Crippen molar-refractivity contribution >= 4 is 40.4 Å². The number of phenolic OH excluding ortho intramolecular Hbond substituents is 1. The van der Waals surface area contributed by atoms with Gasteiger partial charge in [-0.3, -0.25) is 14.9 Å². The molecule has 0 heterocycles. The summed E-state index contributed by atoms with van der Waals surface area (Å²) >= 11 is 2.03. The molecule has 0 saturated heterocycles. The number of phenols is 1. The van der Waals surface area contributed by atoms with Crippen molar-refractivity contribution in [2.75, 3.05) is 0 Å². The maximum atomic E-state index is 11.9. The van der Waals surface area contributed by atoms with E-state index in [0.717, 1.165) is 15.9 Å². The van der Waals surface area contributed by atoms with Gasteiger partial charge in [-0.2, -0.15) is 5.10 Å². The van der Waals surface area contributed by atoms with Crippen LogP contribution in [0.15, 0.2) is 47.6 Å². The summed E-state index contributed by atoms with van der Waals surface area (Å²) in [6.07, 6.45) is 1.15. The third-order valence-electron chi connectivity index (χ3n) is 2.71. The van der Waals surface area contributed by atoms with E-state index in [1.54, 1.807) is 18.2 Å². The molecule has 22 heavy (non-hydrogen) atoms. The highest BCUT2D eigenvalue weighted by atomic mass is 127. The molecule has 0 unspecified atom stereocenters. The molecule has 8 heteroatoms. The maximum Gasteiger partial charge on any atom is 0.272 e. The molecule has 0 saturated carbocycles. The molecule has 0 spiro atoms. The van der Waals surface area contributed by atoms with Crippen LogP contribution in [0.4, 0.5) is 5.69 Å². The van der Waals surface area contributed by atoms with E-state index in [1.807, 2.05) is 28.7 Å². The first-order chi connectivity index (χ1) is 10.5. The van der Waals surface area contributed by atoms with E-state index in [2.05, 4.69) is 10.5 Å². The van der Waals surface area contributed by atoms with E-state index >= 15 is 0 Å². The lowest BCUT2D eigenvalue weighted by atomic mass is 10.2. The second kappa shape index (κ2) is 6.98. The number of nitro groups is 1. The number of non-ortho nitro benzene ring substituents is 1.